The predicted octanol–water partition coefficient (Wildman–Crippen LogP) is 3.33. The van der Waals surface area contributed by atoms with E-state index >= 15 is 0 Å². The van der Waals surface area contributed by atoms with Crippen molar-refractivity contribution in [3.63, 3.8) is 0 Å². The molecular weight excluding hydrogens is 274 g/mol. The second kappa shape index (κ2) is 10.9. The van der Waals surface area contributed by atoms with Gasteiger partial charge in [0.15, 0.2) is 5.96 Å². The fraction of sp³-hybridized carbons (Fsp3) is 0.611. The van der Waals surface area contributed by atoms with Gasteiger partial charge >= 0.3 is 0 Å². The summed E-state index contributed by atoms with van der Waals surface area (Å²) in [6.07, 6.45) is 4.38. The molecule has 0 radical (unpaired) electrons. The maximum absolute atomic E-state index is 5.67. The predicted molar refractivity (Wildman–Crippen MR) is 94.8 cm³/mol. The molecule has 4 nitrogen and oxygen atoms in total. The van der Waals surface area contributed by atoms with Crippen LogP contribution in [-0.4, -0.2) is 44.7 Å². The van der Waals surface area contributed by atoms with Crippen molar-refractivity contribution in [2.75, 3.05) is 33.8 Å². The summed E-state index contributed by atoms with van der Waals surface area (Å²) in [6, 6.07) is 8.34. The van der Waals surface area contributed by atoms with Crippen molar-refractivity contribution in [1.82, 2.24) is 10.2 Å². The van der Waals surface area contributed by atoms with Gasteiger partial charge in [-0.15, -0.1) is 0 Å². The third-order valence-corrected chi connectivity index (χ3v) is 3.49. The van der Waals surface area contributed by atoms with Crippen LogP contribution in [0.5, 0.6) is 5.75 Å². The number of hydrogen-bond donors (Lipinski definition) is 1. The van der Waals surface area contributed by atoms with Gasteiger partial charge in [0.1, 0.15) is 5.75 Å². The number of unbranched alkanes of at least 4 members (excludes halogenated alkanes) is 1. The number of rotatable bonds is 9. The normalized spacial score (nSPS) is 11.4. The molecule has 0 aliphatic carbocycles. The van der Waals surface area contributed by atoms with Gasteiger partial charge in [-0.1, -0.05) is 32.4 Å². The van der Waals surface area contributed by atoms with Crippen molar-refractivity contribution < 1.29 is 4.74 Å². The third kappa shape index (κ3) is 6.83. The average Bonchev–Trinajstić information content (AvgIpc) is 2.55. The SMILES string of the molecule is CCCCN(C)C(=NC)NCCc1cccc(OCCC)c1. The zero-order valence-corrected chi connectivity index (χ0v) is 14.6. The topological polar surface area (TPSA) is 36.9 Å². The monoisotopic (exact) mass is 305 g/mol. The van der Waals surface area contributed by atoms with Crippen LogP contribution in [0.25, 0.3) is 0 Å². The highest BCUT2D eigenvalue weighted by Gasteiger charge is 2.04. The Balaban J connectivity index is 2.42. The molecule has 0 aliphatic heterocycles. The lowest BCUT2D eigenvalue weighted by Crippen LogP contribution is -2.40. The van der Waals surface area contributed by atoms with Crippen LogP contribution < -0.4 is 10.1 Å². The molecule has 4 heteroatoms. The molecule has 0 spiro atoms. The number of aliphatic imine (C=N–C) groups is 1. The number of nitrogens with zero attached hydrogens (tertiary/aromatic N) is 2. The van der Waals surface area contributed by atoms with Crippen LogP contribution in [0.3, 0.4) is 0 Å². The van der Waals surface area contributed by atoms with Crippen molar-refractivity contribution in [2.24, 2.45) is 4.99 Å². The van der Waals surface area contributed by atoms with Gasteiger partial charge in [-0.2, -0.15) is 0 Å². The van der Waals surface area contributed by atoms with E-state index in [2.05, 4.69) is 54.3 Å². The van der Waals surface area contributed by atoms with Gasteiger partial charge in [0, 0.05) is 27.2 Å². The first-order valence-electron chi connectivity index (χ1n) is 8.34. The molecule has 1 aromatic rings. The zero-order valence-electron chi connectivity index (χ0n) is 14.6. The molecule has 0 bridgehead atoms. The number of ether oxygens (including phenoxy) is 1. The molecule has 124 valence electrons. The molecular formula is C18H31N3O. The molecule has 0 aliphatic rings. The maximum Gasteiger partial charge on any atom is 0.193 e. The van der Waals surface area contributed by atoms with Crippen LogP contribution >= 0.6 is 0 Å². The van der Waals surface area contributed by atoms with Crippen molar-refractivity contribution in [1.29, 1.82) is 0 Å². The van der Waals surface area contributed by atoms with Gasteiger partial charge < -0.3 is 15.0 Å². The zero-order chi connectivity index (χ0) is 16.2. The molecule has 22 heavy (non-hydrogen) atoms. The molecule has 0 aromatic heterocycles. The number of nitrogens with one attached hydrogen (secondary N) is 1. The highest BCUT2D eigenvalue weighted by atomic mass is 16.5. The van der Waals surface area contributed by atoms with E-state index in [1.165, 1.54) is 18.4 Å². The summed E-state index contributed by atoms with van der Waals surface area (Å²) in [5.41, 5.74) is 1.28. The Bertz CT molecular complexity index is 446. The Morgan fingerprint density at radius 2 is 2.09 bits per heavy atom. The largest absolute Gasteiger partial charge is 0.494 e. The summed E-state index contributed by atoms with van der Waals surface area (Å²) < 4.78 is 5.67. The van der Waals surface area contributed by atoms with Gasteiger partial charge in [-0.05, 0) is 37.0 Å². The molecule has 0 atom stereocenters. The van der Waals surface area contributed by atoms with Gasteiger partial charge in [-0.3, -0.25) is 4.99 Å². The van der Waals surface area contributed by atoms with Crippen LogP contribution in [-0.2, 0) is 6.42 Å². The Kier molecular flexibility index (Phi) is 9.12. The minimum Gasteiger partial charge on any atom is -0.494 e. The molecule has 0 amide bonds. The summed E-state index contributed by atoms with van der Waals surface area (Å²) in [4.78, 5) is 6.52. The fourth-order valence-electron chi connectivity index (χ4n) is 2.22. The minimum atomic E-state index is 0.774. The van der Waals surface area contributed by atoms with Crippen LogP contribution in [0, 0.1) is 0 Å². The first-order chi connectivity index (χ1) is 10.7. The average molecular weight is 305 g/mol. The van der Waals surface area contributed by atoms with Crippen molar-refractivity contribution in [3.05, 3.63) is 29.8 Å². The van der Waals surface area contributed by atoms with E-state index in [4.69, 9.17) is 4.74 Å². The molecule has 1 rings (SSSR count). The van der Waals surface area contributed by atoms with Crippen molar-refractivity contribution >= 4 is 5.96 Å². The molecule has 1 aromatic carbocycles. The Morgan fingerprint density at radius 1 is 1.27 bits per heavy atom. The molecule has 0 saturated heterocycles. The van der Waals surface area contributed by atoms with Gasteiger partial charge in [0.25, 0.3) is 0 Å². The summed E-state index contributed by atoms with van der Waals surface area (Å²) in [6.45, 7) is 7.01. The first-order valence-corrected chi connectivity index (χ1v) is 8.34. The van der Waals surface area contributed by atoms with Crippen LogP contribution in [0.15, 0.2) is 29.3 Å². The van der Waals surface area contributed by atoms with Crippen LogP contribution in [0.1, 0.15) is 38.7 Å². The first kappa shape index (κ1) is 18.3. The molecule has 0 unspecified atom stereocenters. The quantitative estimate of drug-likeness (QED) is 0.561. The van der Waals surface area contributed by atoms with Crippen molar-refractivity contribution in [3.8, 4) is 5.75 Å². The van der Waals surface area contributed by atoms with E-state index in [-0.39, 0.29) is 0 Å². The lowest BCUT2D eigenvalue weighted by molar-refractivity contribution is 0.317. The summed E-state index contributed by atoms with van der Waals surface area (Å²) in [5.74, 6) is 1.93. The Morgan fingerprint density at radius 3 is 2.77 bits per heavy atom. The molecule has 0 fully saturated rings. The smallest absolute Gasteiger partial charge is 0.193 e. The highest BCUT2D eigenvalue weighted by Crippen LogP contribution is 2.13. The van der Waals surface area contributed by atoms with E-state index in [0.29, 0.717) is 0 Å². The molecule has 1 N–H and O–H groups in total. The third-order valence-electron chi connectivity index (χ3n) is 3.49. The summed E-state index contributed by atoms with van der Waals surface area (Å²) in [5, 5.41) is 3.42. The second-order valence-corrected chi connectivity index (χ2v) is 5.49. The Labute approximate surface area is 135 Å². The lowest BCUT2D eigenvalue weighted by Gasteiger charge is -2.21. The number of hydrogen-bond acceptors (Lipinski definition) is 2. The molecule has 0 saturated carbocycles. The van der Waals surface area contributed by atoms with Gasteiger partial charge in [-0.25, -0.2) is 0 Å². The van der Waals surface area contributed by atoms with E-state index in [0.717, 1.165) is 44.2 Å². The summed E-state index contributed by atoms with van der Waals surface area (Å²) in [7, 11) is 3.92. The highest BCUT2D eigenvalue weighted by molar-refractivity contribution is 5.79. The van der Waals surface area contributed by atoms with Crippen LogP contribution in [0.2, 0.25) is 0 Å². The maximum atomic E-state index is 5.67. The summed E-state index contributed by atoms with van der Waals surface area (Å²) >= 11 is 0. The number of guanidine groups is 1. The minimum absolute atomic E-state index is 0.774. The number of benzene rings is 1. The van der Waals surface area contributed by atoms with Crippen molar-refractivity contribution in [2.45, 2.75) is 39.5 Å². The molecule has 0 heterocycles. The Hall–Kier alpha value is -1.71. The van der Waals surface area contributed by atoms with E-state index in [1.807, 2.05) is 13.1 Å². The lowest BCUT2D eigenvalue weighted by atomic mass is 10.1. The van der Waals surface area contributed by atoms with Gasteiger partial charge in [0.2, 0.25) is 0 Å². The van der Waals surface area contributed by atoms with E-state index in [9.17, 15) is 0 Å². The second-order valence-electron chi connectivity index (χ2n) is 5.49. The van der Waals surface area contributed by atoms with Gasteiger partial charge in [0.05, 0.1) is 6.61 Å². The fourth-order valence-corrected chi connectivity index (χ4v) is 2.22. The van der Waals surface area contributed by atoms with Crippen LogP contribution in [0.4, 0.5) is 0 Å². The van der Waals surface area contributed by atoms with E-state index < -0.39 is 0 Å². The standard InChI is InChI=1S/C18H31N3O/c1-5-7-13-21(4)18(19-3)20-12-11-16-9-8-10-17(15-16)22-14-6-2/h8-10,15H,5-7,11-14H2,1-4H3,(H,19,20). The van der Waals surface area contributed by atoms with E-state index in [1.54, 1.807) is 0 Å².